The number of rotatable bonds is 5. The van der Waals surface area contributed by atoms with Crippen molar-refractivity contribution < 1.29 is 59.4 Å². The van der Waals surface area contributed by atoms with Gasteiger partial charge in [-0.25, -0.2) is 34.0 Å². The molecule has 18 heteroatoms. The van der Waals surface area contributed by atoms with Crippen LogP contribution in [-0.2, 0) is 24.0 Å². The Labute approximate surface area is 198 Å². The van der Waals surface area contributed by atoms with Gasteiger partial charge in [0.15, 0.2) is 5.70 Å². The van der Waals surface area contributed by atoms with Crippen molar-refractivity contribution in [1.29, 1.82) is 0 Å². The van der Waals surface area contributed by atoms with Gasteiger partial charge in [0.25, 0.3) is 0 Å². The zero-order valence-electron chi connectivity index (χ0n) is 17.8. The van der Waals surface area contributed by atoms with Gasteiger partial charge in [-0.1, -0.05) is 6.42 Å². The van der Waals surface area contributed by atoms with Crippen molar-refractivity contribution in [2.45, 2.75) is 25.4 Å². The molecule has 36 heavy (non-hydrogen) atoms. The van der Waals surface area contributed by atoms with Gasteiger partial charge in [-0.3, -0.25) is 4.79 Å². The van der Waals surface area contributed by atoms with Crippen LogP contribution in [-0.4, -0.2) is 87.9 Å². The van der Waals surface area contributed by atoms with Crippen LogP contribution in [0.15, 0.2) is 33.7 Å². The van der Waals surface area contributed by atoms with E-state index < -0.39 is 82.1 Å². The van der Waals surface area contributed by atoms with Gasteiger partial charge in [0, 0.05) is 5.92 Å². The standard InChI is InChI=1S/C18H18N6O12/c25-13(26)5-3-1-2-4-6(5)10-8(15(29)30)7(14(27)28)9(16(31)32)11(17(33)34)23(10)24-12(4)22(18(35)36)20-19-21-24/h4-5,12,19-21H,1-3H2,(H,25,26)(H,27,28)(H,29,30)(H,31,32)(H,33,34)(H,35,36). The molecule has 3 heterocycles. The molecular formula is C18H18N6O12. The van der Waals surface area contributed by atoms with Crippen LogP contribution in [0.5, 0.6) is 0 Å². The number of amides is 1. The highest BCUT2D eigenvalue weighted by Gasteiger charge is 2.57. The first-order valence-electron chi connectivity index (χ1n) is 10.2. The number of hydrogen-bond acceptors (Lipinski definition) is 11. The van der Waals surface area contributed by atoms with Crippen molar-refractivity contribution in [1.82, 2.24) is 31.7 Å². The van der Waals surface area contributed by atoms with Crippen molar-refractivity contribution in [3.8, 4) is 0 Å². The van der Waals surface area contributed by atoms with E-state index in [0.29, 0.717) is 10.0 Å². The molecule has 18 nitrogen and oxygen atoms in total. The number of carboxylic acid groups (broad SMARTS) is 6. The van der Waals surface area contributed by atoms with E-state index in [1.165, 1.54) is 0 Å². The Bertz CT molecular complexity index is 1220. The number of fused-ring (bicyclic) bond motifs is 5. The molecule has 4 rings (SSSR count). The first kappa shape index (κ1) is 24.6. The molecule has 1 saturated heterocycles. The number of aliphatic carboxylic acids is 5. The molecule has 1 amide bonds. The number of hydrazine groups is 5. The lowest BCUT2D eigenvalue weighted by Gasteiger charge is -2.57. The second-order valence-corrected chi connectivity index (χ2v) is 8.00. The number of nitrogens with zero attached hydrogens (tertiary/aromatic N) is 3. The van der Waals surface area contributed by atoms with Gasteiger partial charge in [0.2, 0.25) is 0 Å². The summed E-state index contributed by atoms with van der Waals surface area (Å²) in [6.45, 7) is 0. The van der Waals surface area contributed by atoms with E-state index in [4.69, 9.17) is 0 Å². The maximum Gasteiger partial charge on any atom is 0.424 e. The van der Waals surface area contributed by atoms with Gasteiger partial charge in [-0.2, -0.15) is 11.1 Å². The third kappa shape index (κ3) is 3.43. The average molecular weight is 510 g/mol. The van der Waals surface area contributed by atoms with Gasteiger partial charge in [0.1, 0.15) is 17.3 Å². The minimum Gasteiger partial charge on any atom is -0.481 e. The number of hydrogen-bond donors (Lipinski definition) is 9. The third-order valence-electron chi connectivity index (χ3n) is 6.24. The first-order chi connectivity index (χ1) is 16.9. The molecule has 9 N–H and O–H groups in total. The molecule has 0 bridgehead atoms. The highest BCUT2D eigenvalue weighted by molar-refractivity contribution is 6.16. The minimum atomic E-state index is -2.09. The fourth-order valence-corrected chi connectivity index (χ4v) is 5.08. The lowest BCUT2D eigenvalue weighted by molar-refractivity contribution is -0.210. The predicted molar refractivity (Wildman–Crippen MR) is 107 cm³/mol. The highest BCUT2D eigenvalue weighted by Crippen LogP contribution is 2.50. The second-order valence-electron chi connectivity index (χ2n) is 8.00. The van der Waals surface area contributed by atoms with Gasteiger partial charge >= 0.3 is 35.9 Å². The fraction of sp³-hybridized carbons (Fsp3) is 0.333. The SMILES string of the molecule is O=C(O)C1=C(C(=O)O)C2=C3C(C(=O)O)CCCC3C3N(C(=O)O)NNNN3N2C(C(=O)O)=C1C(=O)O. The van der Waals surface area contributed by atoms with Crippen LogP contribution in [0, 0.1) is 11.8 Å². The molecule has 1 saturated carbocycles. The molecule has 1 aliphatic carbocycles. The number of carbonyl (C=O) groups is 6. The predicted octanol–water partition coefficient (Wildman–Crippen LogP) is -2.07. The largest absolute Gasteiger partial charge is 0.481 e. The fourth-order valence-electron chi connectivity index (χ4n) is 5.08. The summed E-state index contributed by atoms with van der Waals surface area (Å²) in [7, 11) is 0. The Morgan fingerprint density at radius 2 is 1.36 bits per heavy atom. The molecule has 3 unspecified atom stereocenters. The van der Waals surface area contributed by atoms with Crippen LogP contribution in [0.1, 0.15) is 19.3 Å². The third-order valence-corrected chi connectivity index (χ3v) is 6.24. The zero-order chi connectivity index (χ0) is 26.6. The summed E-state index contributed by atoms with van der Waals surface area (Å²) in [5, 5.41) is 61.0. The highest BCUT2D eigenvalue weighted by atomic mass is 16.4. The van der Waals surface area contributed by atoms with Gasteiger partial charge in [0.05, 0.1) is 17.2 Å². The summed E-state index contributed by atoms with van der Waals surface area (Å²) < 4.78 is 0. The summed E-state index contributed by atoms with van der Waals surface area (Å²) in [4.78, 5) is 73.1. The summed E-state index contributed by atoms with van der Waals surface area (Å²) in [6, 6.07) is 0. The lowest BCUT2D eigenvalue weighted by Crippen LogP contribution is -2.79. The van der Waals surface area contributed by atoms with Crippen LogP contribution in [0.2, 0.25) is 0 Å². The monoisotopic (exact) mass is 510 g/mol. The number of nitrogens with one attached hydrogen (secondary N) is 3. The molecule has 0 aromatic carbocycles. The van der Waals surface area contributed by atoms with Crippen LogP contribution >= 0.6 is 0 Å². The van der Waals surface area contributed by atoms with Crippen molar-refractivity contribution in [2.75, 3.05) is 0 Å². The van der Waals surface area contributed by atoms with Crippen molar-refractivity contribution in [3.05, 3.63) is 33.7 Å². The first-order valence-corrected chi connectivity index (χ1v) is 10.2. The molecule has 2 fully saturated rings. The van der Waals surface area contributed by atoms with E-state index in [1.807, 2.05) is 0 Å². The smallest absolute Gasteiger partial charge is 0.424 e. The second kappa shape index (κ2) is 8.61. The lowest BCUT2D eigenvalue weighted by atomic mass is 9.71. The Kier molecular flexibility index (Phi) is 5.88. The molecule has 192 valence electrons. The van der Waals surface area contributed by atoms with E-state index in [1.54, 1.807) is 0 Å². The van der Waals surface area contributed by atoms with Crippen LogP contribution < -0.4 is 16.6 Å². The normalized spacial score (nSPS) is 26.2. The molecule has 0 aromatic rings. The maximum atomic E-state index is 12.4. The molecule has 0 spiro atoms. The Morgan fingerprint density at radius 1 is 0.750 bits per heavy atom. The molecule has 0 aromatic heterocycles. The van der Waals surface area contributed by atoms with Crippen molar-refractivity contribution >= 4 is 35.9 Å². The van der Waals surface area contributed by atoms with Crippen molar-refractivity contribution in [3.63, 3.8) is 0 Å². The van der Waals surface area contributed by atoms with Crippen LogP contribution in [0.25, 0.3) is 0 Å². The Hall–Kier alpha value is -4.52. The molecule has 3 atom stereocenters. The topological polar surface area (TPSA) is 270 Å². The van der Waals surface area contributed by atoms with Gasteiger partial charge in [-0.05, 0) is 18.4 Å². The minimum absolute atomic E-state index is 0.0510. The van der Waals surface area contributed by atoms with Crippen LogP contribution in [0.3, 0.4) is 0 Å². The molecule has 4 aliphatic rings. The molecule has 0 radical (unpaired) electrons. The summed E-state index contributed by atoms with van der Waals surface area (Å²) in [6.07, 6.45) is -2.74. The summed E-state index contributed by atoms with van der Waals surface area (Å²) in [5.74, 6) is -12.1. The summed E-state index contributed by atoms with van der Waals surface area (Å²) in [5.41, 5.74) is 0.764. The van der Waals surface area contributed by atoms with E-state index in [-0.39, 0.29) is 24.8 Å². The van der Waals surface area contributed by atoms with E-state index >= 15 is 0 Å². The van der Waals surface area contributed by atoms with Gasteiger partial charge < -0.3 is 30.6 Å². The zero-order valence-corrected chi connectivity index (χ0v) is 17.8. The quantitative estimate of drug-likeness (QED) is 0.192. The van der Waals surface area contributed by atoms with E-state index in [2.05, 4.69) is 16.6 Å². The maximum absolute atomic E-state index is 12.4. The van der Waals surface area contributed by atoms with E-state index in [9.17, 15) is 59.4 Å². The molecule has 3 aliphatic heterocycles. The average Bonchev–Trinajstić information content (AvgIpc) is 2.80. The van der Waals surface area contributed by atoms with E-state index in [0.717, 1.165) is 5.12 Å². The number of carboxylic acids is 5. The Balaban J connectivity index is 2.21. The van der Waals surface area contributed by atoms with Crippen LogP contribution in [0.4, 0.5) is 4.79 Å². The Morgan fingerprint density at radius 3 is 1.86 bits per heavy atom. The summed E-state index contributed by atoms with van der Waals surface area (Å²) >= 11 is 0. The van der Waals surface area contributed by atoms with Crippen molar-refractivity contribution in [2.24, 2.45) is 11.8 Å². The molecular weight excluding hydrogens is 492 g/mol. The van der Waals surface area contributed by atoms with Gasteiger partial charge in [-0.15, -0.1) is 10.7 Å².